The highest BCUT2D eigenvalue weighted by Crippen LogP contribution is 2.35. The van der Waals surface area contributed by atoms with Crippen LogP contribution in [0, 0.1) is 0 Å². The van der Waals surface area contributed by atoms with Crippen molar-refractivity contribution in [1.29, 1.82) is 0 Å². The molecule has 5 rings (SSSR count). The van der Waals surface area contributed by atoms with Gasteiger partial charge in [-0.3, -0.25) is 4.90 Å². The van der Waals surface area contributed by atoms with E-state index in [0.717, 1.165) is 68.1 Å². The minimum atomic E-state index is -0.741. The zero-order valence-electron chi connectivity index (χ0n) is 18.1. The van der Waals surface area contributed by atoms with Gasteiger partial charge in [0.15, 0.2) is 0 Å². The molecular weight excluding hydrogens is 388 g/mol. The predicted octanol–water partition coefficient (Wildman–Crippen LogP) is 3.18. The Kier molecular flexibility index (Phi) is 5.52. The monoisotopic (exact) mass is 418 g/mol. The molecule has 3 heterocycles. The van der Waals surface area contributed by atoms with Crippen molar-refractivity contribution in [3.8, 4) is 11.4 Å². The van der Waals surface area contributed by atoms with Crippen LogP contribution in [0.4, 0.5) is 0 Å². The average molecular weight is 419 g/mol. The van der Waals surface area contributed by atoms with E-state index in [-0.39, 0.29) is 0 Å². The van der Waals surface area contributed by atoms with Gasteiger partial charge >= 0.3 is 0 Å². The minimum absolute atomic E-state index is 0.661. The number of hydrogen-bond acceptors (Lipinski definition) is 5. The molecule has 2 aliphatic heterocycles. The second-order valence-corrected chi connectivity index (χ2v) is 8.85. The van der Waals surface area contributed by atoms with Crippen molar-refractivity contribution in [2.75, 3.05) is 33.3 Å². The topological polar surface area (TPSA) is 53.8 Å². The Labute approximate surface area is 183 Å². The number of hydrogen-bond donors (Lipinski definition) is 1. The lowest BCUT2D eigenvalue weighted by molar-refractivity contribution is -0.0204. The summed E-state index contributed by atoms with van der Waals surface area (Å²) in [6.45, 7) is 4.97. The number of benzene rings is 2. The molecule has 31 heavy (non-hydrogen) atoms. The van der Waals surface area contributed by atoms with E-state index in [0.29, 0.717) is 6.61 Å². The first kappa shape index (κ1) is 20.2. The summed E-state index contributed by atoms with van der Waals surface area (Å²) in [5, 5.41) is 15.8. The highest BCUT2D eigenvalue weighted by molar-refractivity contribution is 5.40. The van der Waals surface area contributed by atoms with Gasteiger partial charge in [0.05, 0.1) is 17.5 Å². The molecule has 6 heteroatoms. The van der Waals surface area contributed by atoms with Gasteiger partial charge in [-0.05, 0) is 49.7 Å². The molecule has 0 unspecified atom stereocenters. The molecule has 0 saturated carbocycles. The standard InChI is InChI=1S/C25H30N4O2/c1-27-11-9-25(30,10-12-27)22-7-8-24-21(15-22)19-28(13-14-31-24)17-20-16-26-29(18-20)23-5-3-2-4-6-23/h2-8,15-16,18,30H,9-14,17,19H2,1H3. The van der Waals surface area contributed by atoms with Gasteiger partial charge in [-0.2, -0.15) is 5.10 Å². The molecule has 1 aromatic heterocycles. The van der Waals surface area contributed by atoms with E-state index in [1.807, 2.05) is 41.2 Å². The molecule has 0 radical (unpaired) electrons. The van der Waals surface area contributed by atoms with Gasteiger partial charge in [-0.25, -0.2) is 4.68 Å². The molecule has 2 aromatic carbocycles. The minimum Gasteiger partial charge on any atom is -0.492 e. The molecule has 0 aliphatic carbocycles. The number of likely N-dealkylation sites (tertiary alicyclic amines) is 1. The van der Waals surface area contributed by atoms with Gasteiger partial charge in [-0.15, -0.1) is 0 Å². The third-order valence-electron chi connectivity index (χ3n) is 6.53. The highest BCUT2D eigenvalue weighted by Gasteiger charge is 2.33. The Hall–Kier alpha value is -2.67. The molecule has 1 saturated heterocycles. The van der Waals surface area contributed by atoms with Gasteiger partial charge in [0.2, 0.25) is 0 Å². The summed E-state index contributed by atoms with van der Waals surface area (Å²) in [5.41, 5.74) is 3.67. The lowest BCUT2D eigenvalue weighted by atomic mass is 9.84. The maximum atomic E-state index is 11.3. The summed E-state index contributed by atoms with van der Waals surface area (Å²) in [5.74, 6) is 0.933. The smallest absolute Gasteiger partial charge is 0.123 e. The molecule has 0 amide bonds. The lowest BCUT2D eigenvalue weighted by Gasteiger charge is -2.37. The maximum absolute atomic E-state index is 11.3. The lowest BCUT2D eigenvalue weighted by Crippen LogP contribution is -2.40. The number of aromatic nitrogens is 2. The number of nitrogens with zero attached hydrogens (tertiary/aromatic N) is 4. The van der Waals surface area contributed by atoms with Crippen molar-refractivity contribution in [1.82, 2.24) is 19.6 Å². The van der Waals surface area contributed by atoms with E-state index in [1.165, 1.54) is 5.56 Å². The summed E-state index contributed by atoms with van der Waals surface area (Å²) in [6, 6.07) is 16.4. The zero-order valence-corrected chi connectivity index (χ0v) is 18.1. The van der Waals surface area contributed by atoms with Crippen molar-refractivity contribution < 1.29 is 9.84 Å². The molecule has 6 nitrogen and oxygen atoms in total. The summed E-state index contributed by atoms with van der Waals surface area (Å²) in [4.78, 5) is 4.67. The van der Waals surface area contributed by atoms with E-state index in [2.05, 4.69) is 46.3 Å². The van der Waals surface area contributed by atoms with Crippen LogP contribution in [0.2, 0.25) is 0 Å². The molecule has 1 fully saturated rings. The average Bonchev–Trinajstić information content (AvgIpc) is 3.16. The first-order valence-corrected chi connectivity index (χ1v) is 11.1. The van der Waals surface area contributed by atoms with Crippen LogP contribution < -0.4 is 4.74 Å². The van der Waals surface area contributed by atoms with Gasteiger partial charge in [0.1, 0.15) is 12.4 Å². The zero-order chi connectivity index (χ0) is 21.3. The highest BCUT2D eigenvalue weighted by atomic mass is 16.5. The second-order valence-electron chi connectivity index (χ2n) is 8.85. The fourth-order valence-corrected chi connectivity index (χ4v) is 4.57. The van der Waals surface area contributed by atoms with Crippen molar-refractivity contribution in [2.24, 2.45) is 0 Å². The largest absolute Gasteiger partial charge is 0.492 e. The summed E-state index contributed by atoms with van der Waals surface area (Å²) >= 11 is 0. The molecule has 1 N–H and O–H groups in total. The van der Waals surface area contributed by atoms with Gasteiger partial charge in [-0.1, -0.05) is 24.3 Å². The Bertz CT molecular complexity index is 1030. The quantitative estimate of drug-likeness (QED) is 0.705. The molecule has 162 valence electrons. The molecule has 2 aliphatic rings. The number of piperidine rings is 1. The maximum Gasteiger partial charge on any atom is 0.123 e. The molecular formula is C25H30N4O2. The number of aliphatic hydroxyl groups is 1. The van der Waals surface area contributed by atoms with E-state index >= 15 is 0 Å². The Morgan fingerprint density at radius 2 is 1.87 bits per heavy atom. The van der Waals surface area contributed by atoms with Crippen molar-refractivity contribution in [3.05, 3.63) is 77.6 Å². The number of rotatable bonds is 4. The van der Waals surface area contributed by atoms with Crippen LogP contribution in [-0.2, 0) is 18.7 Å². The van der Waals surface area contributed by atoms with Gasteiger partial charge < -0.3 is 14.7 Å². The van der Waals surface area contributed by atoms with Crippen molar-refractivity contribution in [2.45, 2.75) is 31.5 Å². The Balaban J connectivity index is 1.32. The first-order chi connectivity index (χ1) is 15.1. The van der Waals surface area contributed by atoms with Crippen molar-refractivity contribution >= 4 is 0 Å². The van der Waals surface area contributed by atoms with E-state index in [1.54, 1.807) is 0 Å². The third-order valence-corrected chi connectivity index (χ3v) is 6.53. The van der Waals surface area contributed by atoms with Crippen LogP contribution in [0.3, 0.4) is 0 Å². The van der Waals surface area contributed by atoms with Crippen LogP contribution in [0.5, 0.6) is 5.75 Å². The first-order valence-electron chi connectivity index (χ1n) is 11.1. The van der Waals surface area contributed by atoms with Crippen LogP contribution in [-0.4, -0.2) is 58.0 Å². The normalized spacial score (nSPS) is 19.4. The Morgan fingerprint density at radius 3 is 2.68 bits per heavy atom. The number of ether oxygens (including phenoxy) is 1. The van der Waals surface area contributed by atoms with Crippen LogP contribution in [0.25, 0.3) is 5.69 Å². The van der Waals surface area contributed by atoms with Crippen molar-refractivity contribution in [3.63, 3.8) is 0 Å². The van der Waals surface area contributed by atoms with E-state index < -0.39 is 5.60 Å². The molecule has 3 aromatic rings. The van der Waals surface area contributed by atoms with Gasteiger partial charge in [0, 0.05) is 50.0 Å². The fourth-order valence-electron chi connectivity index (χ4n) is 4.57. The molecule has 0 bridgehead atoms. The molecule has 0 atom stereocenters. The van der Waals surface area contributed by atoms with Crippen LogP contribution >= 0.6 is 0 Å². The number of fused-ring (bicyclic) bond motifs is 1. The summed E-state index contributed by atoms with van der Waals surface area (Å²) < 4.78 is 7.95. The Morgan fingerprint density at radius 1 is 1.06 bits per heavy atom. The van der Waals surface area contributed by atoms with Gasteiger partial charge in [0.25, 0.3) is 0 Å². The van der Waals surface area contributed by atoms with Crippen LogP contribution in [0.1, 0.15) is 29.5 Å². The fraction of sp³-hybridized carbons (Fsp3) is 0.400. The van der Waals surface area contributed by atoms with E-state index in [4.69, 9.17) is 4.74 Å². The second kappa shape index (κ2) is 8.46. The third kappa shape index (κ3) is 4.37. The predicted molar refractivity (Wildman–Crippen MR) is 120 cm³/mol. The molecule has 0 spiro atoms. The number of para-hydroxylation sites is 1. The SMILES string of the molecule is CN1CCC(O)(c2ccc3c(c2)CN(Cc2cnn(-c4ccccc4)c2)CCO3)CC1. The summed E-state index contributed by atoms with van der Waals surface area (Å²) in [7, 11) is 2.11. The summed E-state index contributed by atoms with van der Waals surface area (Å²) in [6.07, 6.45) is 5.58. The van der Waals surface area contributed by atoms with Crippen LogP contribution in [0.15, 0.2) is 60.9 Å². The van der Waals surface area contributed by atoms with E-state index in [9.17, 15) is 5.11 Å².